The molecule has 2 amide bonds. The second-order valence-corrected chi connectivity index (χ2v) is 12.1. The number of anilines is 1. The van der Waals surface area contributed by atoms with E-state index in [1.54, 1.807) is 34.1 Å². The van der Waals surface area contributed by atoms with E-state index >= 15 is 0 Å². The maximum Gasteiger partial charge on any atom is 0.338 e. The molecule has 1 unspecified atom stereocenters. The number of amides is 2. The van der Waals surface area contributed by atoms with Crippen molar-refractivity contribution in [3.63, 3.8) is 0 Å². The molecule has 12 heteroatoms. The Kier molecular flexibility index (Phi) is 8.87. The van der Waals surface area contributed by atoms with Gasteiger partial charge < -0.3 is 24.0 Å². The van der Waals surface area contributed by atoms with Crippen molar-refractivity contribution in [1.29, 1.82) is 0 Å². The summed E-state index contributed by atoms with van der Waals surface area (Å²) in [5.41, 5.74) is 2.69. The standard InChI is InChI=1S/C32H34N4O7S/c1-20(36(31(39)28-16-33-44-34-28)25-10-6-22(7-11-25)21-4-5-21)18-41-26-12-8-23(9-13-26)32(40)43-27-3-2-14-35(17-27)30(38)24-15-29(37)42-19-24/h6-13,16,20-21,24,27H,2-5,14-15,17-19H2,1H3/t20?,24-,27+/m1/s1. The van der Waals surface area contributed by atoms with Crippen molar-refractivity contribution >= 4 is 41.2 Å². The molecule has 2 aromatic carbocycles. The van der Waals surface area contributed by atoms with Crippen LogP contribution in [0.5, 0.6) is 5.75 Å². The zero-order chi connectivity index (χ0) is 30.6. The summed E-state index contributed by atoms with van der Waals surface area (Å²) >= 11 is 0.988. The lowest BCUT2D eigenvalue weighted by Gasteiger charge is -2.33. The molecule has 0 bridgehead atoms. The van der Waals surface area contributed by atoms with Crippen molar-refractivity contribution in [3.8, 4) is 5.75 Å². The van der Waals surface area contributed by atoms with Crippen LogP contribution in [-0.4, -0.2) is 75.8 Å². The monoisotopic (exact) mass is 618 g/mol. The largest absolute Gasteiger partial charge is 0.491 e. The van der Waals surface area contributed by atoms with Crippen molar-refractivity contribution in [1.82, 2.24) is 13.6 Å². The Bertz CT molecular complexity index is 1490. The summed E-state index contributed by atoms with van der Waals surface area (Å²) in [6.07, 6.45) is 4.91. The molecular formula is C32H34N4O7S. The fraction of sp³-hybridized carbons (Fsp3) is 0.438. The van der Waals surface area contributed by atoms with Crippen molar-refractivity contribution < 1.29 is 33.4 Å². The summed E-state index contributed by atoms with van der Waals surface area (Å²) in [4.78, 5) is 53.8. The first-order valence-corrected chi connectivity index (χ1v) is 15.7. The van der Waals surface area contributed by atoms with E-state index in [9.17, 15) is 19.2 Å². The molecule has 1 aromatic heterocycles. The maximum atomic E-state index is 13.4. The second-order valence-electron chi connectivity index (χ2n) is 11.6. The van der Waals surface area contributed by atoms with Crippen LogP contribution in [0.2, 0.25) is 0 Å². The van der Waals surface area contributed by atoms with Gasteiger partial charge in [-0.25, -0.2) is 4.79 Å². The Labute approximate surface area is 259 Å². The molecule has 1 saturated carbocycles. The Morgan fingerprint density at radius 2 is 1.86 bits per heavy atom. The predicted octanol–water partition coefficient (Wildman–Crippen LogP) is 4.24. The third-order valence-corrected chi connectivity index (χ3v) is 8.69. The molecule has 0 radical (unpaired) electrons. The number of piperidine rings is 1. The fourth-order valence-corrected chi connectivity index (χ4v) is 6.05. The van der Waals surface area contributed by atoms with Crippen LogP contribution in [0, 0.1) is 5.92 Å². The number of benzene rings is 2. The predicted molar refractivity (Wildman–Crippen MR) is 161 cm³/mol. The van der Waals surface area contributed by atoms with Gasteiger partial charge in [-0.15, -0.1) is 0 Å². The minimum Gasteiger partial charge on any atom is -0.491 e. The molecule has 230 valence electrons. The average molecular weight is 619 g/mol. The molecule has 0 spiro atoms. The molecule has 3 aliphatic rings. The van der Waals surface area contributed by atoms with E-state index in [0.29, 0.717) is 43.2 Å². The number of ether oxygens (including phenoxy) is 3. The van der Waals surface area contributed by atoms with Crippen molar-refractivity contribution in [2.75, 3.05) is 31.2 Å². The Morgan fingerprint density at radius 3 is 2.52 bits per heavy atom. The Balaban J connectivity index is 1.04. The van der Waals surface area contributed by atoms with E-state index in [4.69, 9.17) is 14.2 Å². The first-order valence-electron chi connectivity index (χ1n) is 14.9. The highest BCUT2D eigenvalue weighted by molar-refractivity contribution is 6.99. The number of nitrogens with zero attached hydrogens (tertiary/aromatic N) is 4. The summed E-state index contributed by atoms with van der Waals surface area (Å²) in [7, 11) is 0. The van der Waals surface area contributed by atoms with Gasteiger partial charge in [-0.1, -0.05) is 12.1 Å². The van der Waals surface area contributed by atoms with Gasteiger partial charge in [-0.2, -0.15) is 8.75 Å². The first kappa shape index (κ1) is 29.7. The molecule has 2 saturated heterocycles. The summed E-state index contributed by atoms with van der Waals surface area (Å²) in [6, 6.07) is 14.4. The zero-order valence-electron chi connectivity index (χ0n) is 24.4. The fourth-order valence-electron chi connectivity index (χ4n) is 5.64. The van der Waals surface area contributed by atoms with Crippen molar-refractivity contribution in [2.45, 2.75) is 57.1 Å². The molecule has 2 aliphatic heterocycles. The van der Waals surface area contributed by atoms with Gasteiger partial charge in [0.2, 0.25) is 5.91 Å². The van der Waals surface area contributed by atoms with E-state index in [2.05, 4.69) is 20.9 Å². The van der Waals surface area contributed by atoms with Crippen LogP contribution < -0.4 is 9.64 Å². The van der Waals surface area contributed by atoms with Crippen LogP contribution >= 0.6 is 11.7 Å². The minimum absolute atomic E-state index is 0.0953. The van der Waals surface area contributed by atoms with Gasteiger partial charge in [-0.3, -0.25) is 14.4 Å². The van der Waals surface area contributed by atoms with E-state index in [1.165, 1.54) is 24.6 Å². The Hall–Kier alpha value is -4.32. The van der Waals surface area contributed by atoms with Gasteiger partial charge in [0.15, 0.2) is 5.69 Å². The second kappa shape index (κ2) is 13.1. The van der Waals surface area contributed by atoms with Gasteiger partial charge in [-0.05, 0) is 80.5 Å². The quantitative estimate of drug-likeness (QED) is 0.307. The molecule has 3 atom stereocenters. The van der Waals surface area contributed by atoms with Crippen LogP contribution in [0.3, 0.4) is 0 Å². The minimum atomic E-state index is -0.480. The molecule has 1 aliphatic carbocycles. The number of carbonyl (C=O) groups excluding carboxylic acids is 4. The Morgan fingerprint density at radius 1 is 1.09 bits per heavy atom. The molecule has 0 N–H and O–H groups in total. The zero-order valence-corrected chi connectivity index (χ0v) is 25.2. The normalized spacial score (nSPS) is 20.5. The molecule has 44 heavy (non-hydrogen) atoms. The van der Waals surface area contributed by atoms with Crippen molar-refractivity contribution in [2.24, 2.45) is 5.92 Å². The van der Waals surface area contributed by atoms with E-state index < -0.39 is 18.0 Å². The third-order valence-electron chi connectivity index (χ3n) is 8.21. The SMILES string of the molecule is CC(COc1ccc(C(=O)O[C@H]2CCCN(C(=O)[C@H]3COC(=O)C3)C2)cc1)N(C(=O)c1cnsn1)c1ccc(C2CC2)cc1. The van der Waals surface area contributed by atoms with Crippen molar-refractivity contribution in [3.05, 3.63) is 71.5 Å². The van der Waals surface area contributed by atoms with Gasteiger partial charge in [0.1, 0.15) is 25.1 Å². The van der Waals surface area contributed by atoms with Crippen LogP contribution in [0.4, 0.5) is 5.69 Å². The van der Waals surface area contributed by atoms with Crippen LogP contribution in [0.1, 0.15) is 71.4 Å². The highest BCUT2D eigenvalue weighted by Crippen LogP contribution is 2.40. The lowest BCUT2D eigenvalue weighted by atomic mass is 10.0. The van der Waals surface area contributed by atoms with E-state index in [-0.39, 0.29) is 49.2 Å². The molecule has 3 fully saturated rings. The van der Waals surface area contributed by atoms with Crippen LogP contribution in [0.15, 0.2) is 54.7 Å². The van der Waals surface area contributed by atoms with Gasteiger partial charge >= 0.3 is 11.9 Å². The summed E-state index contributed by atoms with van der Waals surface area (Å²) in [6.45, 7) is 3.09. The number of rotatable bonds is 10. The van der Waals surface area contributed by atoms with Crippen LogP contribution in [-0.2, 0) is 19.1 Å². The molecule has 3 heterocycles. The third kappa shape index (κ3) is 6.91. The lowest BCUT2D eigenvalue weighted by Crippen LogP contribution is -2.46. The van der Waals surface area contributed by atoms with E-state index in [0.717, 1.165) is 17.4 Å². The average Bonchev–Trinajstić information content (AvgIpc) is 3.55. The lowest BCUT2D eigenvalue weighted by molar-refractivity contribution is -0.139. The summed E-state index contributed by atoms with van der Waals surface area (Å²) < 4.78 is 24.8. The molecule has 3 aromatic rings. The summed E-state index contributed by atoms with van der Waals surface area (Å²) in [5.74, 6) is -0.526. The molecule has 6 rings (SSSR count). The highest BCUT2D eigenvalue weighted by atomic mass is 32.1. The number of cyclic esters (lactones) is 1. The number of esters is 2. The summed E-state index contributed by atoms with van der Waals surface area (Å²) in [5, 5.41) is 0. The molecular weight excluding hydrogens is 584 g/mol. The smallest absolute Gasteiger partial charge is 0.338 e. The number of aromatic nitrogens is 2. The van der Waals surface area contributed by atoms with E-state index in [1.807, 2.05) is 19.1 Å². The first-order chi connectivity index (χ1) is 21.4. The number of likely N-dealkylation sites (tertiary alicyclic amines) is 1. The maximum absolute atomic E-state index is 13.4. The topological polar surface area (TPSA) is 128 Å². The number of hydrogen-bond donors (Lipinski definition) is 0. The number of hydrogen-bond acceptors (Lipinski definition) is 10. The van der Waals surface area contributed by atoms with Gasteiger partial charge in [0.25, 0.3) is 5.91 Å². The highest BCUT2D eigenvalue weighted by Gasteiger charge is 2.36. The van der Waals surface area contributed by atoms with Gasteiger partial charge in [0, 0.05) is 12.2 Å². The molecule has 11 nitrogen and oxygen atoms in total. The number of carbonyl (C=O) groups is 4. The van der Waals surface area contributed by atoms with Gasteiger partial charge in [0.05, 0.1) is 48.4 Å². The van der Waals surface area contributed by atoms with Crippen LogP contribution in [0.25, 0.3) is 0 Å².